The average Bonchev–Trinajstić information content (AvgIpc) is 3.20. The summed E-state index contributed by atoms with van der Waals surface area (Å²) in [6.45, 7) is 2.98. The molecule has 7 nitrogen and oxygen atoms in total. The van der Waals surface area contributed by atoms with Crippen molar-refractivity contribution < 1.29 is 9.53 Å². The largest absolute Gasteiger partial charge is 0.378 e. The first kappa shape index (κ1) is 16.3. The Kier molecular flexibility index (Phi) is 4.61. The quantitative estimate of drug-likeness (QED) is 0.783. The number of nitrogens with one attached hydrogen (secondary N) is 1. The van der Waals surface area contributed by atoms with Crippen LogP contribution < -0.4 is 10.2 Å². The molecule has 4 rings (SSSR count). The SMILES string of the molecule is O=C(Nc1ccccc1N1CCOCC1)c1cnn(-c2ccccc2)n1. The van der Waals surface area contributed by atoms with Gasteiger partial charge in [0.1, 0.15) is 0 Å². The van der Waals surface area contributed by atoms with Gasteiger partial charge in [-0.15, -0.1) is 5.10 Å². The Hall–Kier alpha value is -3.19. The smallest absolute Gasteiger partial charge is 0.277 e. The van der Waals surface area contributed by atoms with E-state index in [1.54, 1.807) is 0 Å². The maximum absolute atomic E-state index is 12.6. The van der Waals surface area contributed by atoms with Crippen molar-refractivity contribution in [3.05, 3.63) is 66.5 Å². The number of amides is 1. The zero-order valence-electron chi connectivity index (χ0n) is 14.2. The summed E-state index contributed by atoms with van der Waals surface area (Å²) in [6, 6.07) is 17.3. The number of rotatable bonds is 4. The third-order valence-corrected chi connectivity index (χ3v) is 4.22. The van der Waals surface area contributed by atoms with Crippen LogP contribution in [0.1, 0.15) is 10.5 Å². The lowest BCUT2D eigenvalue weighted by molar-refractivity contribution is 0.102. The third kappa shape index (κ3) is 3.43. The van der Waals surface area contributed by atoms with Crippen LogP contribution in [0.15, 0.2) is 60.8 Å². The number of hydrogen-bond donors (Lipinski definition) is 1. The van der Waals surface area contributed by atoms with Gasteiger partial charge in [-0.1, -0.05) is 30.3 Å². The molecule has 7 heteroatoms. The van der Waals surface area contributed by atoms with Crippen LogP contribution in [-0.4, -0.2) is 47.2 Å². The normalized spacial score (nSPS) is 14.2. The predicted molar refractivity (Wildman–Crippen MR) is 98.8 cm³/mol. The minimum absolute atomic E-state index is 0.269. The first-order valence-corrected chi connectivity index (χ1v) is 8.52. The summed E-state index contributed by atoms with van der Waals surface area (Å²) in [5.41, 5.74) is 2.82. The molecule has 1 saturated heterocycles. The van der Waals surface area contributed by atoms with Gasteiger partial charge in [0.25, 0.3) is 5.91 Å². The summed E-state index contributed by atoms with van der Waals surface area (Å²) in [4.78, 5) is 16.3. The van der Waals surface area contributed by atoms with Gasteiger partial charge in [0.15, 0.2) is 5.69 Å². The number of carbonyl (C=O) groups excluding carboxylic acids is 1. The van der Waals surface area contributed by atoms with Gasteiger partial charge in [0.2, 0.25) is 0 Å². The van der Waals surface area contributed by atoms with E-state index in [1.807, 2.05) is 54.6 Å². The van der Waals surface area contributed by atoms with Crippen molar-refractivity contribution >= 4 is 17.3 Å². The monoisotopic (exact) mass is 349 g/mol. The van der Waals surface area contributed by atoms with Crippen molar-refractivity contribution in [2.45, 2.75) is 0 Å². The van der Waals surface area contributed by atoms with Gasteiger partial charge in [-0.05, 0) is 24.3 Å². The number of anilines is 2. The fourth-order valence-corrected chi connectivity index (χ4v) is 2.90. The summed E-state index contributed by atoms with van der Waals surface area (Å²) in [6.07, 6.45) is 1.47. The third-order valence-electron chi connectivity index (χ3n) is 4.22. The van der Waals surface area contributed by atoms with Gasteiger partial charge in [-0.3, -0.25) is 4.79 Å². The Balaban J connectivity index is 1.53. The van der Waals surface area contributed by atoms with E-state index in [9.17, 15) is 4.79 Å². The van der Waals surface area contributed by atoms with Gasteiger partial charge in [0, 0.05) is 13.1 Å². The fraction of sp³-hybridized carbons (Fsp3) is 0.211. The molecule has 1 aromatic heterocycles. The molecule has 3 aromatic rings. The molecule has 1 N–H and O–H groups in total. The molecule has 1 fully saturated rings. The Labute approximate surface area is 151 Å². The van der Waals surface area contributed by atoms with Crippen LogP contribution in [0.4, 0.5) is 11.4 Å². The number of nitrogens with zero attached hydrogens (tertiary/aromatic N) is 4. The average molecular weight is 349 g/mol. The zero-order valence-corrected chi connectivity index (χ0v) is 14.2. The highest BCUT2D eigenvalue weighted by molar-refractivity contribution is 6.04. The topological polar surface area (TPSA) is 72.3 Å². The van der Waals surface area contributed by atoms with E-state index in [-0.39, 0.29) is 11.6 Å². The van der Waals surface area contributed by atoms with Crippen molar-refractivity contribution in [1.82, 2.24) is 15.0 Å². The van der Waals surface area contributed by atoms with Crippen LogP contribution in [0.3, 0.4) is 0 Å². The van der Waals surface area contributed by atoms with Crippen molar-refractivity contribution in [3.63, 3.8) is 0 Å². The molecule has 26 heavy (non-hydrogen) atoms. The maximum atomic E-state index is 12.6. The van der Waals surface area contributed by atoms with Gasteiger partial charge >= 0.3 is 0 Å². The fourth-order valence-electron chi connectivity index (χ4n) is 2.90. The van der Waals surface area contributed by atoms with E-state index in [0.717, 1.165) is 30.2 Å². The van der Waals surface area contributed by atoms with Crippen LogP contribution in [-0.2, 0) is 4.74 Å². The number of carbonyl (C=O) groups is 1. The van der Waals surface area contributed by atoms with Crippen molar-refractivity contribution in [3.8, 4) is 5.69 Å². The maximum Gasteiger partial charge on any atom is 0.277 e. The van der Waals surface area contributed by atoms with Gasteiger partial charge in [-0.25, -0.2) is 0 Å². The molecule has 0 bridgehead atoms. The molecule has 0 atom stereocenters. The highest BCUT2D eigenvalue weighted by atomic mass is 16.5. The molecule has 2 aromatic carbocycles. The van der Waals surface area contributed by atoms with Gasteiger partial charge < -0.3 is 15.0 Å². The van der Waals surface area contributed by atoms with Crippen molar-refractivity contribution in [2.75, 3.05) is 36.5 Å². The highest BCUT2D eigenvalue weighted by Crippen LogP contribution is 2.26. The van der Waals surface area contributed by atoms with Crippen LogP contribution in [0, 0.1) is 0 Å². The first-order valence-electron chi connectivity index (χ1n) is 8.52. The molecule has 1 aliphatic heterocycles. The second-order valence-electron chi connectivity index (χ2n) is 5.93. The number of ether oxygens (including phenoxy) is 1. The molecule has 1 amide bonds. The summed E-state index contributed by atoms with van der Waals surface area (Å²) >= 11 is 0. The minimum atomic E-state index is -0.284. The zero-order chi connectivity index (χ0) is 17.8. The van der Waals surface area contributed by atoms with Crippen LogP contribution in [0.5, 0.6) is 0 Å². The summed E-state index contributed by atoms with van der Waals surface area (Å²) < 4.78 is 5.41. The minimum Gasteiger partial charge on any atom is -0.378 e. The molecule has 0 spiro atoms. The lowest BCUT2D eigenvalue weighted by atomic mass is 10.2. The Morgan fingerprint density at radius 1 is 1.00 bits per heavy atom. The van der Waals surface area contributed by atoms with Crippen LogP contribution in [0.25, 0.3) is 5.69 Å². The number of hydrogen-bond acceptors (Lipinski definition) is 5. The summed E-state index contributed by atoms with van der Waals surface area (Å²) in [5, 5.41) is 11.4. The molecule has 0 aliphatic carbocycles. The van der Waals surface area contributed by atoms with Gasteiger partial charge in [0.05, 0.1) is 36.5 Å². The molecule has 132 valence electrons. The van der Waals surface area contributed by atoms with E-state index in [0.29, 0.717) is 13.2 Å². The van der Waals surface area contributed by atoms with Crippen LogP contribution >= 0.6 is 0 Å². The number of benzene rings is 2. The molecular weight excluding hydrogens is 330 g/mol. The molecule has 0 saturated carbocycles. The Morgan fingerprint density at radius 2 is 1.73 bits per heavy atom. The standard InChI is InChI=1S/C19H19N5O2/c25-19(17-14-20-24(22-17)15-6-2-1-3-7-15)21-16-8-4-5-9-18(16)23-10-12-26-13-11-23/h1-9,14H,10-13H2,(H,21,25). The number of morpholine rings is 1. The van der Waals surface area contributed by atoms with E-state index in [2.05, 4.69) is 20.4 Å². The summed E-state index contributed by atoms with van der Waals surface area (Å²) in [7, 11) is 0. The lowest BCUT2D eigenvalue weighted by Gasteiger charge is -2.30. The van der Waals surface area contributed by atoms with Crippen molar-refractivity contribution in [1.29, 1.82) is 0 Å². The summed E-state index contributed by atoms with van der Waals surface area (Å²) in [5.74, 6) is -0.284. The van der Waals surface area contributed by atoms with E-state index >= 15 is 0 Å². The first-order chi connectivity index (χ1) is 12.8. The van der Waals surface area contributed by atoms with Gasteiger partial charge in [-0.2, -0.15) is 9.90 Å². The molecule has 2 heterocycles. The lowest BCUT2D eigenvalue weighted by Crippen LogP contribution is -2.36. The van der Waals surface area contributed by atoms with Crippen LogP contribution in [0.2, 0.25) is 0 Å². The second-order valence-corrected chi connectivity index (χ2v) is 5.93. The molecule has 0 unspecified atom stereocenters. The molecular formula is C19H19N5O2. The van der Waals surface area contributed by atoms with Crippen molar-refractivity contribution in [2.24, 2.45) is 0 Å². The Morgan fingerprint density at radius 3 is 2.54 bits per heavy atom. The van der Waals surface area contributed by atoms with E-state index in [4.69, 9.17) is 4.74 Å². The predicted octanol–water partition coefficient (Wildman–Crippen LogP) is 2.36. The molecule has 1 aliphatic rings. The molecule has 0 radical (unpaired) electrons. The Bertz CT molecular complexity index is 888. The highest BCUT2D eigenvalue weighted by Gasteiger charge is 2.17. The number of aromatic nitrogens is 3. The van der Waals surface area contributed by atoms with E-state index < -0.39 is 0 Å². The van der Waals surface area contributed by atoms with E-state index in [1.165, 1.54) is 11.0 Å². The second kappa shape index (κ2) is 7.37. The number of para-hydroxylation sites is 3.